The van der Waals surface area contributed by atoms with Crippen molar-refractivity contribution in [1.29, 1.82) is 0 Å². The van der Waals surface area contributed by atoms with Crippen molar-refractivity contribution in [3.05, 3.63) is 123 Å². The fourth-order valence-electron chi connectivity index (χ4n) is 4.00. The Kier molecular flexibility index (Phi) is 8.82. The summed E-state index contributed by atoms with van der Waals surface area (Å²) >= 11 is 10.1. The molecule has 206 valence electrons. The first-order chi connectivity index (χ1) is 19.8. The molecule has 1 saturated heterocycles. The van der Waals surface area contributed by atoms with E-state index in [1.54, 1.807) is 49.6 Å². The highest BCUT2D eigenvalue weighted by Gasteiger charge is 2.33. The number of nitrogens with one attached hydrogen (secondary N) is 1. The van der Waals surface area contributed by atoms with Crippen molar-refractivity contribution < 1.29 is 23.5 Å². The standard InChI is InChI=1S/C31H22BrFN2O4S2/c1-38-27-15-20(7-14-26(27)39-18-19-5-8-22(32)9-6-19)16-28-30(37)35(31(40)41-28)25-4-2-3-21(17-25)29(36)34-24-12-10-23(33)11-13-24/h2-17H,18H2,1H3,(H,34,36)/b28-16+. The Morgan fingerprint density at radius 3 is 2.51 bits per heavy atom. The first-order valence-electron chi connectivity index (χ1n) is 12.3. The van der Waals surface area contributed by atoms with Gasteiger partial charge in [0, 0.05) is 15.7 Å². The summed E-state index contributed by atoms with van der Waals surface area (Å²) in [4.78, 5) is 28.0. The van der Waals surface area contributed by atoms with E-state index in [1.807, 2.05) is 30.3 Å². The number of halogens is 2. The number of ether oxygens (including phenoxy) is 2. The van der Waals surface area contributed by atoms with Crippen LogP contribution in [0, 0.1) is 5.82 Å². The number of hydrogen-bond acceptors (Lipinski definition) is 6. The van der Waals surface area contributed by atoms with Crippen LogP contribution in [0.5, 0.6) is 11.5 Å². The van der Waals surface area contributed by atoms with Gasteiger partial charge in [-0.05, 0) is 83.9 Å². The molecule has 1 aliphatic rings. The topological polar surface area (TPSA) is 67.9 Å². The molecule has 0 spiro atoms. The van der Waals surface area contributed by atoms with E-state index in [-0.39, 0.29) is 5.91 Å². The van der Waals surface area contributed by atoms with Gasteiger partial charge in [0.05, 0.1) is 17.7 Å². The monoisotopic (exact) mass is 648 g/mol. The summed E-state index contributed by atoms with van der Waals surface area (Å²) in [5, 5.41) is 2.72. The summed E-state index contributed by atoms with van der Waals surface area (Å²) in [5.74, 6) is 0.0218. The highest BCUT2D eigenvalue weighted by atomic mass is 79.9. The lowest BCUT2D eigenvalue weighted by Gasteiger charge is -2.15. The molecule has 0 unspecified atom stereocenters. The smallest absolute Gasteiger partial charge is 0.270 e. The second-order valence-electron chi connectivity index (χ2n) is 8.85. The average molecular weight is 650 g/mol. The Labute approximate surface area is 254 Å². The lowest BCUT2D eigenvalue weighted by atomic mass is 10.1. The second-order valence-corrected chi connectivity index (χ2v) is 11.4. The van der Waals surface area contributed by atoms with Gasteiger partial charge in [0.15, 0.2) is 15.8 Å². The summed E-state index contributed by atoms with van der Waals surface area (Å²) in [5.41, 5.74) is 3.01. The molecule has 4 aromatic carbocycles. The molecule has 0 aliphatic carbocycles. The number of carbonyl (C=O) groups is 2. The molecule has 2 amide bonds. The van der Waals surface area contributed by atoms with Crippen molar-refractivity contribution in [2.45, 2.75) is 6.61 Å². The first kappa shape index (κ1) is 28.5. The number of methoxy groups -OCH3 is 1. The van der Waals surface area contributed by atoms with Crippen LogP contribution in [0.4, 0.5) is 15.8 Å². The van der Waals surface area contributed by atoms with Crippen molar-refractivity contribution in [3.63, 3.8) is 0 Å². The van der Waals surface area contributed by atoms with Gasteiger partial charge in [0.1, 0.15) is 12.4 Å². The van der Waals surface area contributed by atoms with Gasteiger partial charge in [-0.3, -0.25) is 14.5 Å². The maximum absolute atomic E-state index is 13.4. The van der Waals surface area contributed by atoms with Gasteiger partial charge >= 0.3 is 0 Å². The third-order valence-corrected chi connectivity index (χ3v) is 7.89. The van der Waals surface area contributed by atoms with Gasteiger partial charge in [-0.25, -0.2) is 4.39 Å². The minimum Gasteiger partial charge on any atom is -0.493 e. The summed E-state index contributed by atoms with van der Waals surface area (Å²) in [6, 6.07) is 25.4. The predicted molar refractivity (Wildman–Crippen MR) is 168 cm³/mol. The van der Waals surface area contributed by atoms with Crippen molar-refractivity contribution in [3.8, 4) is 11.5 Å². The Balaban J connectivity index is 1.31. The number of amides is 2. The van der Waals surface area contributed by atoms with E-state index >= 15 is 0 Å². The van der Waals surface area contributed by atoms with Crippen LogP contribution in [0.3, 0.4) is 0 Å². The normalized spacial score (nSPS) is 13.9. The van der Waals surface area contributed by atoms with E-state index in [2.05, 4.69) is 21.2 Å². The van der Waals surface area contributed by atoms with E-state index in [1.165, 1.54) is 40.9 Å². The Hall–Kier alpha value is -3.99. The lowest BCUT2D eigenvalue weighted by molar-refractivity contribution is -0.113. The Morgan fingerprint density at radius 1 is 1.02 bits per heavy atom. The van der Waals surface area contributed by atoms with Crippen LogP contribution in [-0.4, -0.2) is 23.2 Å². The third-order valence-electron chi connectivity index (χ3n) is 6.06. The van der Waals surface area contributed by atoms with Crippen molar-refractivity contribution in [2.24, 2.45) is 0 Å². The van der Waals surface area contributed by atoms with Crippen LogP contribution in [0.2, 0.25) is 0 Å². The van der Waals surface area contributed by atoms with Crippen molar-refractivity contribution in [1.82, 2.24) is 0 Å². The van der Waals surface area contributed by atoms with Gasteiger partial charge < -0.3 is 14.8 Å². The molecule has 0 saturated carbocycles. The van der Waals surface area contributed by atoms with Crippen LogP contribution in [0.15, 0.2) is 100 Å². The molecule has 1 fully saturated rings. The van der Waals surface area contributed by atoms with Crippen LogP contribution in [0.25, 0.3) is 6.08 Å². The SMILES string of the molecule is COc1cc(/C=C2/SC(=S)N(c3cccc(C(=O)Nc4ccc(F)cc4)c3)C2=O)ccc1OCc1ccc(Br)cc1. The van der Waals surface area contributed by atoms with Gasteiger partial charge in [0.25, 0.3) is 11.8 Å². The lowest BCUT2D eigenvalue weighted by Crippen LogP contribution is -2.27. The number of rotatable bonds is 8. The summed E-state index contributed by atoms with van der Waals surface area (Å²) in [6.45, 7) is 0.378. The fraction of sp³-hybridized carbons (Fsp3) is 0.0645. The molecule has 1 aliphatic heterocycles. The van der Waals surface area contributed by atoms with Crippen LogP contribution in [0.1, 0.15) is 21.5 Å². The molecule has 6 nitrogen and oxygen atoms in total. The Bertz CT molecular complexity index is 1660. The largest absolute Gasteiger partial charge is 0.493 e. The minimum atomic E-state index is -0.396. The molecule has 0 bridgehead atoms. The first-order valence-corrected chi connectivity index (χ1v) is 14.3. The van der Waals surface area contributed by atoms with Crippen LogP contribution >= 0.6 is 39.9 Å². The summed E-state index contributed by atoms with van der Waals surface area (Å²) in [7, 11) is 1.56. The van der Waals surface area contributed by atoms with E-state index in [0.717, 1.165) is 15.6 Å². The van der Waals surface area contributed by atoms with E-state index in [0.29, 0.717) is 44.3 Å². The van der Waals surface area contributed by atoms with E-state index in [4.69, 9.17) is 21.7 Å². The number of thioether (sulfide) groups is 1. The van der Waals surface area contributed by atoms with Gasteiger partial charge in [-0.2, -0.15) is 0 Å². The molecule has 41 heavy (non-hydrogen) atoms. The molecule has 4 aromatic rings. The predicted octanol–water partition coefficient (Wildman–Crippen LogP) is 7.83. The number of anilines is 2. The molecular formula is C31H22BrFN2O4S2. The molecule has 5 rings (SSSR count). The van der Waals surface area contributed by atoms with Gasteiger partial charge in [-0.1, -0.05) is 64.2 Å². The Morgan fingerprint density at radius 2 is 1.78 bits per heavy atom. The van der Waals surface area contributed by atoms with E-state index < -0.39 is 11.7 Å². The van der Waals surface area contributed by atoms with Gasteiger partial charge in [0.2, 0.25) is 0 Å². The summed E-state index contributed by atoms with van der Waals surface area (Å²) in [6.07, 6.45) is 1.74. The van der Waals surface area contributed by atoms with Gasteiger partial charge in [-0.15, -0.1) is 0 Å². The zero-order valence-corrected chi connectivity index (χ0v) is 24.8. The number of thiocarbonyl (C=S) groups is 1. The van der Waals surface area contributed by atoms with E-state index in [9.17, 15) is 14.0 Å². The molecule has 0 aromatic heterocycles. The number of carbonyl (C=O) groups excluding carboxylic acids is 2. The second kappa shape index (κ2) is 12.7. The highest BCUT2D eigenvalue weighted by molar-refractivity contribution is 9.10. The number of hydrogen-bond donors (Lipinski definition) is 1. The minimum absolute atomic E-state index is 0.300. The van der Waals surface area contributed by atoms with Crippen LogP contribution in [-0.2, 0) is 11.4 Å². The quantitative estimate of drug-likeness (QED) is 0.155. The van der Waals surface area contributed by atoms with Crippen molar-refractivity contribution in [2.75, 3.05) is 17.3 Å². The van der Waals surface area contributed by atoms with Crippen LogP contribution < -0.4 is 19.7 Å². The summed E-state index contributed by atoms with van der Waals surface area (Å²) < 4.78 is 26.0. The molecule has 10 heteroatoms. The maximum atomic E-state index is 13.4. The number of benzene rings is 4. The molecule has 1 heterocycles. The third kappa shape index (κ3) is 6.84. The van der Waals surface area contributed by atoms with Crippen molar-refractivity contribution >= 4 is 73.5 Å². The number of nitrogens with zero attached hydrogens (tertiary/aromatic N) is 1. The molecule has 0 radical (unpaired) electrons. The highest BCUT2D eigenvalue weighted by Crippen LogP contribution is 2.37. The zero-order chi connectivity index (χ0) is 28.9. The average Bonchev–Trinajstić information content (AvgIpc) is 3.26. The zero-order valence-electron chi connectivity index (χ0n) is 21.6. The molecule has 0 atom stereocenters. The maximum Gasteiger partial charge on any atom is 0.270 e. The fourth-order valence-corrected chi connectivity index (χ4v) is 5.56. The molecule has 1 N–H and O–H groups in total. The molecular weight excluding hydrogens is 627 g/mol.